The number of nitrogens with one attached hydrogen (secondary N) is 1. The van der Waals surface area contributed by atoms with Crippen LogP contribution in [0.15, 0.2) is 41.3 Å². The molecule has 0 atom stereocenters. The molecule has 2 aromatic carbocycles. The van der Waals surface area contributed by atoms with E-state index in [0.29, 0.717) is 22.8 Å². The zero-order chi connectivity index (χ0) is 20.6. The molecule has 5 nitrogen and oxygen atoms in total. The average molecular weight is 398 g/mol. The van der Waals surface area contributed by atoms with Gasteiger partial charge in [-0.05, 0) is 58.2 Å². The van der Waals surface area contributed by atoms with Gasteiger partial charge in [-0.1, -0.05) is 47.5 Å². The molecule has 0 unspecified atom stereocenters. The number of rotatable bonds is 5. The summed E-state index contributed by atoms with van der Waals surface area (Å²) in [5.74, 6) is 0. The first kappa shape index (κ1) is 20.1. The standard InChI is InChI=1S/C22H27N3O2S/c1-14-7-9-20(10-8-14)13-25-19(6)21(18(5)23-25)24-28(26,27)22-16(3)11-15(2)12-17(22)4/h7-12,24H,13H2,1-6H3. The highest BCUT2D eigenvalue weighted by molar-refractivity contribution is 7.92. The highest BCUT2D eigenvalue weighted by Gasteiger charge is 2.23. The maximum atomic E-state index is 13.1. The molecule has 1 aromatic heterocycles. The second-order valence-corrected chi connectivity index (χ2v) is 9.14. The summed E-state index contributed by atoms with van der Waals surface area (Å²) in [7, 11) is -3.70. The van der Waals surface area contributed by atoms with E-state index in [1.165, 1.54) is 5.56 Å². The fraction of sp³-hybridized carbons (Fsp3) is 0.318. The van der Waals surface area contributed by atoms with Crippen molar-refractivity contribution in [3.8, 4) is 0 Å². The van der Waals surface area contributed by atoms with E-state index in [-0.39, 0.29) is 0 Å². The van der Waals surface area contributed by atoms with Crippen molar-refractivity contribution in [2.24, 2.45) is 0 Å². The SMILES string of the molecule is Cc1ccc(Cn2nc(C)c(NS(=O)(=O)c3c(C)cc(C)cc3C)c2C)cc1. The minimum absolute atomic E-state index is 0.336. The van der Waals surface area contributed by atoms with E-state index in [2.05, 4.69) is 41.0 Å². The van der Waals surface area contributed by atoms with Gasteiger partial charge in [-0.3, -0.25) is 9.40 Å². The first-order valence-corrected chi connectivity index (χ1v) is 10.8. The van der Waals surface area contributed by atoms with Gasteiger partial charge in [0, 0.05) is 0 Å². The number of aromatic nitrogens is 2. The van der Waals surface area contributed by atoms with Crippen molar-refractivity contribution in [3.63, 3.8) is 0 Å². The summed E-state index contributed by atoms with van der Waals surface area (Å²) in [6, 6.07) is 12.0. The summed E-state index contributed by atoms with van der Waals surface area (Å²) in [6.45, 7) is 12.0. The molecule has 0 saturated carbocycles. The third kappa shape index (κ3) is 3.97. The van der Waals surface area contributed by atoms with Crippen molar-refractivity contribution >= 4 is 15.7 Å². The second-order valence-electron chi connectivity index (χ2n) is 7.52. The Hall–Kier alpha value is -2.60. The molecule has 0 amide bonds. The summed E-state index contributed by atoms with van der Waals surface area (Å²) in [4.78, 5) is 0.336. The maximum Gasteiger partial charge on any atom is 0.262 e. The summed E-state index contributed by atoms with van der Waals surface area (Å²) in [6.07, 6.45) is 0. The molecule has 3 rings (SSSR count). The molecule has 0 fully saturated rings. The lowest BCUT2D eigenvalue weighted by Gasteiger charge is -2.14. The van der Waals surface area contributed by atoms with Gasteiger partial charge >= 0.3 is 0 Å². The molecule has 6 heteroatoms. The van der Waals surface area contributed by atoms with Crippen LogP contribution in [0.25, 0.3) is 0 Å². The number of nitrogens with zero attached hydrogens (tertiary/aromatic N) is 2. The Labute approximate surface area is 167 Å². The largest absolute Gasteiger partial charge is 0.276 e. The van der Waals surface area contributed by atoms with E-state index in [0.717, 1.165) is 27.9 Å². The molecule has 0 bridgehead atoms. The van der Waals surface area contributed by atoms with Crippen molar-refractivity contribution in [2.45, 2.75) is 53.0 Å². The summed E-state index contributed by atoms with van der Waals surface area (Å²) in [5.41, 5.74) is 6.86. The lowest BCUT2D eigenvalue weighted by atomic mass is 10.1. The molecule has 0 aliphatic heterocycles. The fourth-order valence-electron chi connectivity index (χ4n) is 3.64. The monoisotopic (exact) mass is 397 g/mol. The smallest absolute Gasteiger partial charge is 0.262 e. The van der Waals surface area contributed by atoms with Crippen LogP contribution in [-0.2, 0) is 16.6 Å². The van der Waals surface area contributed by atoms with E-state index in [9.17, 15) is 8.42 Å². The molecule has 0 aliphatic rings. The Morgan fingerprint density at radius 2 is 1.46 bits per heavy atom. The minimum atomic E-state index is -3.70. The molecule has 0 aliphatic carbocycles. The zero-order valence-electron chi connectivity index (χ0n) is 17.3. The van der Waals surface area contributed by atoms with E-state index >= 15 is 0 Å². The van der Waals surface area contributed by atoms with Crippen LogP contribution in [-0.4, -0.2) is 18.2 Å². The van der Waals surface area contributed by atoms with Crippen LogP contribution < -0.4 is 4.72 Å². The number of sulfonamides is 1. The number of aryl methyl sites for hydroxylation is 5. The van der Waals surface area contributed by atoms with Crippen LogP contribution in [0.4, 0.5) is 5.69 Å². The number of hydrogen-bond acceptors (Lipinski definition) is 3. The van der Waals surface area contributed by atoms with Gasteiger partial charge in [0.25, 0.3) is 10.0 Å². The summed E-state index contributed by atoms with van der Waals surface area (Å²) in [5, 5.41) is 4.55. The van der Waals surface area contributed by atoms with Gasteiger partial charge < -0.3 is 0 Å². The van der Waals surface area contributed by atoms with Gasteiger partial charge in [-0.2, -0.15) is 5.10 Å². The number of anilines is 1. The van der Waals surface area contributed by atoms with Crippen molar-refractivity contribution in [2.75, 3.05) is 4.72 Å². The molecule has 1 heterocycles. The van der Waals surface area contributed by atoms with E-state index in [1.54, 1.807) is 0 Å². The lowest BCUT2D eigenvalue weighted by molar-refractivity contribution is 0.600. The number of hydrogen-bond donors (Lipinski definition) is 1. The summed E-state index contributed by atoms with van der Waals surface area (Å²) >= 11 is 0. The minimum Gasteiger partial charge on any atom is -0.276 e. The van der Waals surface area contributed by atoms with Gasteiger partial charge in [-0.15, -0.1) is 0 Å². The fourth-order valence-corrected chi connectivity index (χ4v) is 5.27. The Balaban J connectivity index is 1.95. The van der Waals surface area contributed by atoms with Gasteiger partial charge in [-0.25, -0.2) is 8.42 Å². The van der Waals surface area contributed by atoms with Crippen molar-refractivity contribution in [3.05, 3.63) is 75.6 Å². The van der Waals surface area contributed by atoms with Crippen molar-refractivity contribution < 1.29 is 8.42 Å². The van der Waals surface area contributed by atoms with Gasteiger partial charge in [0.1, 0.15) is 0 Å². The van der Waals surface area contributed by atoms with E-state index < -0.39 is 10.0 Å². The Kier molecular flexibility index (Phi) is 5.35. The molecule has 0 saturated heterocycles. The first-order chi connectivity index (χ1) is 13.1. The maximum absolute atomic E-state index is 13.1. The average Bonchev–Trinajstić information content (AvgIpc) is 2.83. The predicted molar refractivity (Wildman–Crippen MR) is 113 cm³/mol. The highest BCUT2D eigenvalue weighted by atomic mass is 32.2. The van der Waals surface area contributed by atoms with Crippen LogP contribution in [0.1, 0.15) is 39.2 Å². The third-order valence-corrected chi connectivity index (χ3v) is 6.60. The summed E-state index contributed by atoms with van der Waals surface area (Å²) < 4.78 is 30.8. The van der Waals surface area contributed by atoms with E-state index in [4.69, 9.17) is 0 Å². The van der Waals surface area contributed by atoms with Crippen LogP contribution in [0, 0.1) is 41.5 Å². The lowest BCUT2D eigenvalue weighted by Crippen LogP contribution is -2.17. The third-order valence-electron chi connectivity index (χ3n) is 4.94. The molecular weight excluding hydrogens is 370 g/mol. The van der Waals surface area contributed by atoms with Crippen molar-refractivity contribution in [1.82, 2.24) is 9.78 Å². The number of benzene rings is 2. The Morgan fingerprint density at radius 1 is 0.893 bits per heavy atom. The Bertz CT molecular complexity index is 1100. The van der Waals surface area contributed by atoms with Crippen LogP contribution in [0.3, 0.4) is 0 Å². The van der Waals surface area contributed by atoms with Crippen molar-refractivity contribution in [1.29, 1.82) is 0 Å². The van der Waals surface area contributed by atoms with Gasteiger partial charge in [0.05, 0.1) is 28.5 Å². The first-order valence-electron chi connectivity index (χ1n) is 9.28. The second kappa shape index (κ2) is 7.43. The molecule has 148 valence electrons. The molecule has 1 N–H and O–H groups in total. The molecule has 0 spiro atoms. The highest BCUT2D eigenvalue weighted by Crippen LogP contribution is 2.27. The molecule has 28 heavy (non-hydrogen) atoms. The normalized spacial score (nSPS) is 11.6. The molecular formula is C22H27N3O2S. The molecule has 0 radical (unpaired) electrons. The zero-order valence-corrected chi connectivity index (χ0v) is 18.1. The quantitative estimate of drug-likeness (QED) is 0.685. The Morgan fingerprint density at radius 3 is 2.04 bits per heavy atom. The predicted octanol–water partition coefficient (Wildman–Crippen LogP) is 4.58. The topological polar surface area (TPSA) is 64.0 Å². The van der Waals surface area contributed by atoms with Gasteiger partial charge in [0.2, 0.25) is 0 Å². The van der Waals surface area contributed by atoms with Crippen LogP contribution in [0.2, 0.25) is 0 Å². The van der Waals surface area contributed by atoms with E-state index in [1.807, 2.05) is 51.4 Å². The molecule has 3 aromatic rings. The van der Waals surface area contributed by atoms with Crippen LogP contribution >= 0.6 is 0 Å². The van der Waals surface area contributed by atoms with Crippen LogP contribution in [0.5, 0.6) is 0 Å². The van der Waals surface area contributed by atoms with Gasteiger partial charge in [0.15, 0.2) is 0 Å².